The van der Waals surface area contributed by atoms with E-state index < -0.39 is 0 Å². The first-order valence-corrected chi connectivity index (χ1v) is 7.65. The van der Waals surface area contributed by atoms with Crippen LogP contribution in [0.3, 0.4) is 0 Å². The van der Waals surface area contributed by atoms with Crippen LogP contribution < -0.4 is 10.6 Å². The number of nitrogens with zero attached hydrogens (tertiary/aromatic N) is 3. The third kappa shape index (κ3) is 4.18. The van der Waals surface area contributed by atoms with Crippen molar-refractivity contribution in [1.29, 1.82) is 5.26 Å². The number of pyridine rings is 2. The molecule has 0 aliphatic rings. The highest BCUT2D eigenvalue weighted by Gasteiger charge is 2.09. The van der Waals surface area contributed by atoms with Gasteiger partial charge in [-0.1, -0.05) is 18.2 Å². The van der Waals surface area contributed by atoms with Gasteiger partial charge in [0.05, 0.1) is 11.3 Å². The zero-order valence-electron chi connectivity index (χ0n) is 13.3. The number of carbonyl (C=O) groups excluding carboxylic acids is 1. The molecule has 3 aromatic rings. The first kappa shape index (κ1) is 16.1. The van der Waals surface area contributed by atoms with Gasteiger partial charge in [0, 0.05) is 30.8 Å². The molecule has 0 aliphatic heterocycles. The molecule has 6 heteroatoms. The molecule has 0 saturated carbocycles. The average Bonchev–Trinajstić information content (AvgIpc) is 2.67. The molecule has 2 heterocycles. The summed E-state index contributed by atoms with van der Waals surface area (Å²) < 4.78 is 0. The third-order valence-electron chi connectivity index (χ3n) is 3.49. The zero-order chi connectivity index (χ0) is 17.5. The Bertz CT molecular complexity index is 918. The molecular weight excluding hydrogens is 314 g/mol. The summed E-state index contributed by atoms with van der Waals surface area (Å²) in [7, 11) is 0. The summed E-state index contributed by atoms with van der Waals surface area (Å²) in [5.74, 6) is -0.277. The van der Waals surface area contributed by atoms with Crippen LogP contribution in [0.15, 0.2) is 67.1 Å². The molecule has 25 heavy (non-hydrogen) atoms. The molecule has 0 unspecified atom stereocenters. The van der Waals surface area contributed by atoms with Gasteiger partial charge in [0.15, 0.2) is 0 Å². The first-order valence-electron chi connectivity index (χ1n) is 7.65. The minimum absolute atomic E-state index is 0.277. The highest BCUT2D eigenvalue weighted by molar-refractivity contribution is 5.93. The van der Waals surface area contributed by atoms with Crippen LogP contribution in [-0.4, -0.2) is 15.9 Å². The number of para-hydroxylation sites is 1. The molecule has 0 saturated heterocycles. The summed E-state index contributed by atoms with van der Waals surface area (Å²) in [6.45, 7) is 0.378. The molecule has 0 atom stereocenters. The Hall–Kier alpha value is -3.72. The van der Waals surface area contributed by atoms with Gasteiger partial charge in [-0.05, 0) is 35.9 Å². The summed E-state index contributed by atoms with van der Waals surface area (Å²) in [4.78, 5) is 20.4. The summed E-state index contributed by atoms with van der Waals surface area (Å²) in [5, 5.41) is 15.1. The Labute approximate surface area is 145 Å². The number of rotatable bonds is 5. The molecule has 2 aromatic heterocycles. The van der Waals surface area contributed by atoms with Crippen molar-refractivity contribution in [2.24, 2.45) is 0 Å². The number of benzene rings is 1. The lowest BCUT2D eigenvalue weighted by Crippen LogP contribution is -2.23. The Kier molecular flexibility index (Phi) is 4.98. The van der Waals surface area contributed by atoms with E-state index in [4.69, 9.17) is 5.26 Å². The average molecular weight is 329 g/mol. The van der Waals surface area contributed by atoms with Crippen molar-refractivity contribution >= 4 is 17.3 Å². The second-order valence-electron chi connectivity index (χ2n) is 5.26. The molecule has 0 aliphatic carbocycles. The van der Waals surface area contributed by atoms with E-state index in [2.05, 4.69) is 26.7 Å². The summed E-state index contributed by atoms with van der Waals surface area (Å²) in [6, 6.07) is 16.4. The molecule has 3 rings (SSSR count). The van der Waals surface area contributed by atoms with E-state index >= 15 is 0 Å². The number of aromatic nitrogens is 2. The molecule has 0 fully saturated rings. The van der Waals surface area contributed by atoms with Crippen LogP contribution in [0, 0.1) is 11.3 Å². The smallest absolute Gasteiger partial charge is 0.270 e. The SMILES string of the molecule is N#Cc1ccccc1Nc1ccnc(C(=O)NCc2cccnc2)c1. The lowest BCUT2D eigenvalue weighted by Gasteiger charge is -2.09. The maximum atomic E-state index is 12.3. The largest absolute Gasteiger partial charge is 0.354 e. The second kappa shape index (κ2) is 7.70. The molecule has 0 radical (unpaired) electrons. The summed E-state index contributed by atoms with van der Waals surface area (Å²) >= 11 is 0. The van der Waals surface area contributed by atoms with Crippen molar-refractivity contribution in [3.05, 3.63) is 83.9 Å². The van der Waals surface area contributed by atoms with Gasteiger partial charge in [-0.25, -0.2) is 0 Å². The lowest BCUT2D eigenvalue weighted by molar-refractivity contribution is 0.0946. The zero-order valence-corrected chi connectivity index (χ0v) is 13.3. The summed E-state index contributed by atoms with van der Waals surface area (Å²) in [5.41, 5.74) is 3.10. The van der Waals surface area contributed by atoms with Crippen molar-refractivity contribution < 1.29 is 4.79 Å². The van der Waals surface area contributed by atoms with E-state index in [0.717, 1.165) is 5.56 Å². The highest BCUT2D eigenvalue weighted by atomic mass is 16.1. The fraction of sp³-hybridized carbons (Fsp3) is 0.0526. The monoisotopic (exact) mass is 329 g/mol. The number of nitriles is 1. The van der Waals surface area contributed by atoms with E-state index in [9.17, 15) is 4.79 Å². The molecule has 1 aromatic carbocycles. The van der Waals surface area contributed by atoms with Gasteiger partial charge in [0.1, 0.15) is 11.8 Å². The van der Waals surface area contributed by atoms with E-state index in [1.807, 2.05) is 18.2 Å². The summed E-state index contributed by atoms with van der Waals surface area (Å²) in [6.07, 6.45) is 4.93. The number of hydrogen-bond acceptors (Lipinski definition) is 5. The molecule has 0 spiro atoms. The van der Waals surface area contributed by atoms with Crippen molar-refractivity contribution in [1.82, 2.24) is 15.3 Å². The van der Waals surface area contributed by atoms with Crippen molar-refractivity contribution in [3.8, 4) is 6.07 Å². The van der Waals surface area contributed by atoms with Crippen molar-refractivity contribution in [3.63, 3.8) is 0 Å². The Balaban J connectivity index is 1.71. The van der Waals surface area contributed by atoms with Crippen LogP contribution in [0.25, 0.3) is 0 Å². The van der Waals surface area contributed by atoms with Crippen molar-refractivity contribution in [2.75, 3.05) is 5.32 Å². The first-order chi connectivity index (χ1) is 12.3. The fourth-order valence-electron chi connectivity index (χ4n) is 2.25. The number of amides is 1. The van der Waals surface area contributed by atoms with Gasteiger partial charge in [0.2, 0.25) is 0 Å². The van der Waals surface area contributed by atoms with Gasteiger partial charge >= 0.3 is 0 Å². The molecule has 1 amide bonds. The van der Waals surface area contributed by atoms with E-state index in [1.165, 1.54) is 0 Å². The molecule has 122 valence electrons. The molecule has 6 nitrogen and oxygen atoms in total. The van der Waals surface area contributed by atoms with Crippen LogP contribution in [0.5, 0.6) is 0 Å². The predicted molar refractivity (Wildman–Crippen MR) is 94.1 cm³/mol. The van der Waals surface area contributed by atoms with Gasteiger partial charge in [-0.3, -0.25) is 14.8 Å². The minimum atomic E-state index is -0.277. The maximum absolute atomic E-state index is 12.3. The Morgan fingerprint density at radius 2 is 2.00 bits per heavy atom. The Morgan fingerprint density at radius 3 is 2.80 bits per heavy atom. The predicted octanol–water partition coefficient (Wildman–Crippen LogP) is 3.02. The number of nitrogens with one attached hydrogen (secondary N) is 2. The topological polar surface area (TPSA) is 90.7 Å². The van der Waals surface area contributed by atoms with Gasteiger partial charge in [0.25, 0.3) is 5.91 Å². The van der Waals surface area contributed by atoms with Crippen LogP contribution in [0.1, 0.15) is 21.6 Å². The van der Waals surface area contributed by atoms with Crippen molar-refractivity contribution in [2.45, 2.75) is 6.54 Å². The van der Waals surface area contributed by atoms with Crippen LogP contribution >= 0.6 is 0 Å². The number of anilines is 2. The number of hydrogen-bond donors (Lipinski definition) is 2. The molecular formula is C19H15N5O. The standard InChI is InChI=1S/C19H15N5O/c20-11-15-5-1-2-6-17(15)24-16-7-9-22-18(10-16)19(25)23-13-14-4-3-8-21-12-14/h1-10,12H,13H2,(H,22,24)(H,23,25). The minimum Gasteiger partial charge on any atom is -0.354 e. The van der Waals surface area contributed by atoms with Gasteiger partial charge in [-0.2, -0.15) is 5.26 Å². The fourth-order valence-corrected chi connectivity index (χ4v) is 2.25. The van der Waals surface area contributed by atoms with Gasteiger partial charge < -0.3 is 10.6 Å². The molecule has 0 bridgehead atoms. The quantitative estimate of drug-likeness (QED) is 0.751. The second-order valence-corrected chi connectivity index (χ2v) is 5.26. The highest BCUT2D eigenvalue weighted by Crippen LogP contribution is 2.20. The molecule has 2 N–H and O–H groups in total. The van der Waals surface area contributed by atoms with E-state index in [-0.39, 0.29) is 5.91 Å². The normalized spacial score (nSPS) is 9.88. The van der Waals surface area contributed by atoms with E-state index in [0.29, 0.717) is 29.2 Å². The van der Waals surface area contributed by atoms with Crippen LogP contribution in [0.4, 0.5) is 11.4 Å². The van der Waals surface area contributed by atoms with E-state index in [1.54, 1.807) is 48.9 Å². The lowest BCUT2D eigenvalue weighted by atomic mass is 10.2. The van der Waals surface area contributed by atoms with Crippen LogP contribution in [0.2, 0.25) is 0 Å². The Morgan fingerprint density at radius 1 is 1.12 bits per heavy atom. The maximum Gasteiger partial charge on any atom is 0.270 e. The third-order valence-corrected chi connectivity index (χ3v) is 3.49. The van der Waals surface area contributed by atoms with Gasteiger partial charge in [-0.15, -0.1) is 0 Å². The van der Waals surface area contributed by atoms with Crippen LogP contribution in [-0.2, 0) is 6.54 Å². The number of carbonyl (C=O) groups is 1.